The molecule has 1 saturated heterocycles. The maximum atomic E-state index is 11.9. The second-order valence-corrected chi connectivity index (χ2v) is 7.30. The predicted octanol–water partition coefficient (Wildman–Crippen LogP) is 1.13. The number of anilines is 1. The zero-order chi connectivity index (χ0) is 18.8. The summed E-state index contributed by atoms with van der Waals surface area (Å²) in [5.41, 5.74) is 3.90. The fraction of sp³-hybridized carbons (Fsp3) is 0.500. The average Bonchev–Trinajstić information content (AvgIpc) is 3.15. The monoisotopic (exact) mass is 364 g/mol. The molecule has 0 saturated carbocycles. The van der Waals surface area contributed by atoms with Gasteiger partial charge in [0.25, 0.3) is 5.56 Å². The molecule has 2 aliphatic rings. The van der Waals surface area contributed by atoms with Crippen LogP contribution in [0.5, 0.6) is 0 Å². The van der Waals surface area contributed by atoms with Gasteiger partial charge >= 0.3 is 0 Å². The van der Waals surface area contributed by atoms with E-state index in [2.05, 4.69) is 21.0 Å². The van der Waals surface area contributed by atoms with Gasteiger partial charge in [0.1, 0.15) is 11.9 Å². The van der Waals surface area contributed by atoms with Crippen LogP contribution >= 0.6 is 0 Å². The molecule has 1 aliphatic heterocycles. The van der Waals surface area contributed by atoms with Gasteiger partial charge in [-0.1, -0.05) is 0 Å². The van der Waals surface area contributed by atoms with Crippen LogP contribution in [0.1, 0.15) is 28.9 Å². The standard InChI is InChI=1S/C20H24N6O/c1-15-5-6-19(27)26(23-15)12-9-24-7-10-25(11-8-24)20-17(14-21)13-16-3-2-4-18(16)22-20/h5-6,13H,2-4,7-12H2,1H3. The molecule has 7 nitrogen and oxygen atoms in total. The Morgan fingerprint density at radius 1 is 1.15 bits per heavy atom. The number of aromatic nitrogens is 3. The molecule has 4 rings (SSSR count). The highest BCUT2D eigenvalue weighted by atomic mass is 16.1. The van der Waals surface area contributed by atoms with Crippen molar-refractivity contribution in [2.24, 2.45) is 0 Å². The molecule has 0 amide bonds. The molecule has 0 spiro atoms. The number of rotatable bonds is 4. The Bertz CT molecular complexity index is 936. The molecular weight excluding hydrogens is 340 g/mol. The van der Waals surface area contributed by atoms with Crippen molar-refractivity contribution in [1.82, 2.24) is 19.7 Å². The molecule has 1 aliphatic carbocycles. The number of hydrogen-bond acceptors (Lipinski definition) is 6. The first-order chi connectivity index (χ1) is 13.1. The van der Waals surface area contributed by atoms with Crippen LogP contribution in [-0.2, 0) is 19.4 Å². The SMILES string of the molecule is Cc1ccc(=O)n(CCN2CCN(c3nc4c(cc3C#N)CCC4)CC2)n1. The maximum absolute atomic E-state index is 11.9. The zero-order valence-electron chi connectivity index (χ0n) is 15.7. The normalized spacial score (nSPS) is 17.0. The highest BCUT2D eigenvalue weighted by Gasteiger charge is 2.23. The van der Waals surface area contributed by atoms with Crippen molar-refractivity contribution < 1.29 is 0 Å². The first kappa shape index (κ1) is 17.7. The molecule has 3 heterocycles. The second kappa shape index (κ2) is 7.49. The number of nitrogens with zero attached hydrogens (tertiary/aromatic N) is 6. The van der Waals surface area contributed by atoms with E-state index in [0.717, 1.165) is 69.2 Å². The van der Waals surface area contributed by atoms with E-state index in [1.165, 1.54) is 10.2 Å². The fourth-order valence-corrected chi connectivity index (χ4v) is 3.92. The maximum Gasteiger partial charge on any atom is 0.266 e. The van der Waals surface area contributed by atoms with Crippen LogP contribution in [0.15, 0.2) is 23.0 Å². The lowest BCUT2D eigenvalue weighted by atomic mass is 10.1. The molecule has 27 heavy (non-hydrogen) atoms. The Balaban J connectivity index is 1.39. The van der Waals surface area contributed by atoms with E-state index in [1.807, 2.05) is 13.0 Å². The van der Waals surface area contributed by atoms with Crippen molar-refractivity contribution in [3.05, 3.63) is 51.1 Å². The number of fused-ring (bicyclic) bond motifs is 1. The minimum atomic E-state index is -0.0553. The van der Waals surface area contributed by atoms with E-state index in [0.29, 0.717) is 12.1 Å². The van der Waals surface area contributed by atoms with Crippen molar-refractivity contribution >= 4 is 5.82 Å². The molecule has 0 atom stereocenters. The Morgan fingerprint density at radius 2 is 1.96 bits per heavy atom. The van der Waals surface area contributed by atoms with Crippen molar-refractivity contribution in [3.63, 3.8) is 0 Å². The minimum Gasteiger partial charge on any atom is -0.353 e. The number of piperazine rings is 1. The van der Waals surface area contributed by atoms with E-state index in [9.17, 15) is 10.1 Å². The number of nitriles is 1. The van der Waals surface area contributed by atoms with E-state index in [-0.39, 0.29) is 5.56 Å². The lowest BCUT2D eigenvalue weighted by Crippen LogP contribution is -2.48. The zero-order valence-corrected chi connectivity index (χ0v) is 15.7. The largest absolute Gasteiger partial charge is 0.353 e. The first-order valence-electron chi connectivity index (χ1n) is 9.59. The van der Waals surface area contributed by atoms with Gasteiger partial charge < -0.3 is 4.90 Å². The topological polar surface area (TPSA) is 78.0 Å². The van der Waals surface area contributed by atoms with Crippen LogP contribution in [-0.4, -0.2) is 52.4 Å². The van der Waals surface area contributed by atoms with Gasteiger partial charge in [-0.2, -0.15) is 10.4 Å². The highest BCUT2D eigenvalue weighted by molar-refractivity contribution is 5.57. The van der Waals surface area contributed by atoms with Gasteiger partial charge in [0.15, 0.2) is 0 Å². The Kier molecular flexibility index (Phi) is 4.90. The average molecular weight is 364 g/mol. The fourth-order valence-electron chi connectivity index (χ4n) is 3.92. The van der Waals surface area contributed by atoms with Gasteiger partial charge in [-0.25, -0.2) is 9.67 Å². The summed E-state index contributed by atoms with van der Waals surface area (Å²) < 4.78 is 1.54. The number of hydrogen-bond donors (Lipinski definition) is 0. The highest BCUT2D eigenvalue weighted by Crippen LogP contribution is 2.27. The summed E-state index contributed by atoms with van der Waals surface area (Å²) in [6.45, 7) is 6.76. The summed E-state index contributed by atoms with van der Waals surface area (Å²) in [5.74, 6) is 0.842. The van der Waals surface area contributed by atoms with Gasteiger partial charge in [-0.3, -0.25) is 9.69 Å². The summed E-state index contributed by atoms with van der Waals surface area (Å²) in [5, 5.41) is 13.8. The lowest BCUT2D eigenvalue weighted by molar-refractivity contribution is 0.242. The van der Waals surface area contributed by atoms with Crippen molar-refractivity contribution in [2.45, 2.75) is 32.7 Å². The van der Waals surface area contributed by atoms with E-state index in [1.54, 1.807) is 12.1 Å². The molecule has 0 aromatic carbocycles. The third-order valence-corrected chi connectivity index (χ3v) is 5.45. The van der Waals surface area contributed by atoms with Gasteiger partial charge in [0.2, 0.25) is 0 Å². The summed E-state index contributed by atoms with van der Waals surface area (Å²) in [7, 11) is 0. The van der Waals surface area contributed by atoms with E-state index in [4.69, 9.17) is 4.98 Å². The number of aryl methyl sites for hydroxylation is 3. The molecule has 140 valence electrons. The van der Waals surface area contributed by atoms with Gasteiger partial charge in [0.05, 0.1) is 17.8 Å². The van der Waals surface area contributed by atoms with Gasteiger partial charge in [-0.05, 0) is 43.9 Å². The molecule has 2 aromatic rings. The third-order valence-electron chi connectivity index (χ3n) is 5.45. The molecule has 0 unspecified atom stereocenters. The van der Waals surface area contributed by atoms with Crippen LogP contribution in [0.2, 0.25) is 0 Å². The summed E-state index contributed by atoms with van der Waals surface area (Å²) in [6.07, 6.45) is 3.19. The van der Waals surface area contributed by atoms with Crippen LogP contribution in [0, 0.1) is 18.3 Å². The van der Waals surface area contributed by atoms with Crippen LogP contribution in [0.3, 0.4) is 0 Å². The van der Waals surface area contributed by atoms with E-state index >= 15 is 0 Å². The van der Waals surface area contributed by atoms with E-state index < -0.39 is 0 Å². The quantitative estimate of drug-likeness (QED) is 0.809. The Morgan fingerprint density at radius 3 is 2.74 bits per heavy atom. The molecule has 0 radical (unpaired) electrons. The summed E-state index contributed by atoms with van der Waals surface area (Å²) in [4.78, 5) is 21.3. The summed E-state index contributed by atoms with van der Waals surface area (Å²) in [6, 6.07) is 7.68. The molecule has 7 heteroatoms. The second-order valence-electron chi connectivity index (χ2n) is 7.30. The molecule has 1 fully saturated rings. The molecule has 0 N–H and O–H groups in total. The molecular formula is C20H24N6O. The van der Waals surface area contributed by atoms with Crippen LogP contribution < -0.4 is 10.5 Å². The molecule has 2 aromatic heterocycles. The van der Waals surface area contributed by atoms with Crippen LogP contribution in [0.4, 0.5) is 5.82 Å². The van der Waals surface area contributed by atoms with Crippen molar-refractivity contribution in [3.8, 4) is 6.07 Å². The molecule has 0 bridgehead atoms. The Hall–Kier alpha value is -2.72. The van der Waals surface area contributed by atoms with Crippen molar-refractivity contribution in [2.75, 3.05) is 37.6 Å². The van der Waals surface area contributed by atoms with Crippen molar-refractivity contribution in [1.29, 1.82) is 5.26 Å². The summed E-state index contributed by atoms with van der Waals surface area (Å²) >= 11 is 0. The Labute approximate surface area is 158 Å². The predicted molar refractivity (Wildman–Crippen MR) is 103 cm³/mol. The lowest BCUT2D eigenvalue weighted by Gasteiger charge is -2.35. The van der Waals surface area contributed by atoms with Crippen LogP contribution in [0.25, 0.3) is 0 Å². The first-order valence-corrected chi connectivity index (χ1v) is 9.59. The minimum absolute atomic E-state index is 0.0553. The smallest absolute Gasteiger partial charge is 0.266 e. The van der Waals surface area contributed by atoms with Gasteiger partial charge in [-0.15, -0.1) is 0 Å². The van der Waals surface area contributed by atoms with Gasteiger partial charge in [0, 0.05) is 44.5 Å². The number of pyridine rings is 1. The third kappa shape index (κ3) is 3.71.